The zero-order valence-electron chi connectivity index (χ0n) is 21.1. The minimum atomic E-state index is -4.29. The molecule has 0 radical (unpaired) electrons. The molecule has 4 aliphatic carbocycles. The molecule has 0 bridgehead atoms. The molecule has 0 saturated heterocycles. The second-order valence-corrected chi connectivity index (χ2v) is 12.8. The van der Waals surface area contributed by atoms with Gasteiger partial charge in [-0.15, -0.1) is 0 Å². The zero-order chi connectivity index (χ0) is 24.2. The van der Waals surface area contributed by atoms with Gasteiger partial charge >= 0.3 is 6.18 Å². The van der Waals surface area contributed by atoms with Crippen molar-refractivity contribution in [2.45, 2.75) is 123 Å². The van der Waals surface area contributed by atoms with Crippen molar-refractivity contribution in [2.75, 3.05) is 0 Å². The van der Waals surface area contributed by atoms with E-state index in [4.69, 9.17) is 0 Å². The standard InChI is InChI=1S/C28H45F3O2/c1-5-27(33)15-14-25(3)19(16-27)7-9-21-23-11-10-22(26(23,4)13-12-24(21)25)18(2)6-8-20(32)17-28(29,30)31/h7,18,20-24,32-33H,5-6,8-17H2,1-4H3/t18-,20-,21+,22-,23+,24+,25+,26-,27+/m1/s1. The molecule has 190 valence electrons. The maximum absolute atomic E-state index is 12.6. The molecule has 3 fully saturated rings. The summed E-state index contributed by atoms with van der Waals surface area (Å²) in [7, 11) is 0. The van der Waals surface area contributed by atoms with Crippen molar-refractivity contribution in [1.29, 1.82) is 0 Å². The first-order valence-electron chi connectivity index (χ1n) is 13.5. The molecular weight excluding hydrogens is 425 g/mol. The minimum Gasteiger partial charge on any atom is -0.393 e. The Labute approximate surface area is 198 Å². The number of hydrogen-bond acceptors (Lipinski definition) is 2. The number of aliphatic hydroxyl groups is 2. The van der Waals surface area contributed by atoms with Crippen LogP contribution in [0.1, 0.15) is 105 Å². The highest BCUT2D eigenvalue weighted by Gasteiger charge is 2.59. The topological polar surface area (TPSA) is 40.5 Å². The molecule has 4 rings (SSSR count). The van der Waals surface area contributed by atoms with E-state index in [9.17, 15) is 23.4 Å². The van der Waals surface area contributed by atoms with Gasteiger partial charge in [0, 0.05) is 0 Å². The molecule has 0 aliphatic heterocycles. The number of fused-ring (bicyclic) bond motifs is 5. The molecule has 0 aromatic rings. The van der Waals surface area contributed by atoms with Crippen molar-refractivity contribution >= 4 is 0 Å². The van der Waals surface area contributed by atoms with Crippen molar-refractivity contribution < 1.29 is 23.4 Å². The van der Waals surface area contributed by atoms with E-state index >= 15 is 0 Å². The maximum atomic E-state index is 12.6. The maximum Gasteiger partial charge on any atom is 0.391 e. The van der Waals surface area contributed by atoms with Gasteiger partial charge in [0.25, 0.3) is 0 Å². The average molecular weight is 471 g/mol. The molecule has 0 heterocycles. The Hall–Kier alpha value is -0.550. The fraction of sp³-hybridized carbons (Fsp3) is 0.929. The van der Waals surface area contributed by atoms with Gasteiger partial charge in [0.15, 0.2) is 0 Å². The number of halogens is 3. The van der Waals surface area contributed by atoms with Crippen LogP contribution in [0.4, 0.5) is 13.2 Å². The van der Waals surface area contributed by atoms with Crippen molar-refractivity contribution in [3.63, 3.8) is 0 Å². The lowest BCUT2D eigenvalue weighted by Gasteiger charge is -2.59. The summed E-state index contributed by atoms with van der Waals surface area (Å²) in [4.78, 5) is 0. The highest BCUT2D eigenvalue weighted by molar-refractivity contribution is 5.27. The lowest BCUT2D eigenvalue weighted by Crippen LogP contribution is -2.52. The molecule has 2 nitrogen and oxygen atoms in total. The van der Waals surface area contributed by atoms with E-state index in [0.29, 0.717) is 36.0 Å². The minimum absolute atomic E-state index is 0.219. The molecule has 2 N–H and O–H groups in total. The quantitative estimate of drug-likeness (QED) is 0.396. The molecule has 4 aliphatic rings. The van der Waals surface area contributed by atoms with Gasteiger partial charge in [0.2, 0.25) is 0 Å². The molecule has 0 unspecified atom stereocenters. The van der Waals surface area contributed by atoms with Gasteiger partial charge in [0.1, 0.15) is 0 Å². The Bertz CT molecular complexity index is 748. The summed E-state index contributed by atoms with van der Waals surface area (Å²) in [5, 5.41) is 20.8. The summed E-state index contributed by atoms with van der Waals surface area (Å²) in [6.45, 7) is 9.23. The Morgan fingerprint density at radius 3 is 2.45 bits per heavy atom. The first kappa shape index (κ1) is 25.5. The number of allylic oxidation sites excluding steroid dienone is 1. The first-order valence-corrected chi connectivity index (χ1v) is 13.5. The molecule has 5 heteroatoms. The summed E-state index contributed by atoms with van der Waals surface area (Å²) in [6.07, 6.45) is 6.38. The highest BCUT2D eigenvalue weighted by Crippen LogP contribution is 2.67. The third-order valence-electron chi connectivity index (χ3n) is 11.1. The van der Waals surface area contributed by atoms with Gasteiger partial charge in [-0.3, -0.25) is 0 Å². The van der Waals surface area contributed by atoms with Gasteiger partial charge in [-0.25, -0.2) is 0 Å². The molecule has 0 spiro atoms. The van der Waals surface area contributed by atoms with Crippen molar-refractivity contribution in [1.82, 2.24) is 0 Å². The van der Waals surface area contributed by atoms with Crippen LogP contribution in [-0.2, 0) is 0 Å². The van der Waals surface area contributed by atoms with Crippen LogP contribution in [-0.4, -0.2) is 28.1 Å². The molecule has 0 aromatic carbocycles. The van der Waals surface area contributed by atoms with E-state index in [1.54, 1.807) is 0 Å². The number of alkyl halides is 3. The van der Waals surface area contributed by atoms with Gasteiger partial charge in [0.05, 0.1) is 18.1 Å². The van der Waals surface area contributed by atoms with Crippen LogP contribution in [0.5, 0.6) is 0 Å². The zero-order valence-corrected chi connectivity index (χ0v) is 21.1. The third-order valence-corrected chi connectivity index (χ3v) is 11.1. The number of aliphatic hydroxyl groups excluding tert-OH is 1. The van der Waals surface area contributed by atoms with Crippen LogP contribution in [0.15, 0.2) is 11.6 Å². The average Bonchev–Trinajstić information content (AvgIpc) is 3.09. The molecule has 33 heavy (non-hydrogen) atoms. The third kappa shape index (κ3) is 4.67. The Kier molecular flexibility index (Phi) is 6.84. The summed E-state index contributed by atoms with van der Waals surface area (Å²) in [6, 6.07) is 0. The Morgan fingerprint density at radius 1 is 1.06 bits per heavy atom. The smallest absolute Gasteiger partial charge is 0.391 e. The van der Waals surface area contributed by atoms with Crippen LogP contribution in [0.25, 0.3) is 0 Å². The van der Waals surface area contributed by atoms with Crippen molar-refractivity contribution in [2.24, 2.45) is 40.4 Å². The lowest BCUT2D eigenvalue weighted by atomic mass is 9.46. The Balaban J connectivity index is 1.44. The van der Waals surface area contributed by atoms with Crippen molar-refractivity contribution in [3.8, 4) is 0 Å². The normalized spacial score (nSPS) is 44.9. The van der Waals surface area contributed by atoms with E-state index < -0.39 is 24.3 Å². The van der Waals surface area contributed by atoms with E-state index in [1.807, 2.05) is 0 Å². The van der Waals surface area contributed by atoms with Gasteiger partial charge in [-0.2, -0.15) is 13.2 Å². The summed E-state index contributed by atoms with van der Waals surface area (Å²) in [5.74, 6) is 2.96. The fourth-order valence-corrected chi connectivity index (χ4v) is 9.01. The van der Waals surface area contributed by atoms with Crippen LogP contribution >= 0.6 is 0 Å². The highest BCUT2D eigenvalue weighted by atomic mass is 19.4. The second kappa shape index (κ2) is 8.84. The molecular formula is C28H45F3O2. The largest absolute Gasteiger partial charge is 0.393 e. The first-order chi connectivity index (χ1) is 15.3. The van der Waals surface area contributed by atoms with Gasteiger partial charge in [-0.05, 0) is 111 Å². The van der Waals surface area contributed by atoms with Crippen molar-refractivity contribution in [3.05, 3.63) is 11.6 Å². The number of rotatable bonds is 6. The molecule has 0 amide bonds. The van der Waals surface area contributed by atoms with E-state index in [0.717, 1.165) is 32.1 Å². The molecule has 9 atom stereocenters. The summed E-state index contributed by atoms with van der Waals surface area (Å²) in [5.41, 5.74) is 1.46. The molecule has 3 saturated carbocycles. The van der Waals surface area contributed by atoms with Crippen LogP contribution in [0.2, 0.25) is 0 Å². The van der Waals surface area contributed by atoms with E-state index in [-0.39, 0.29) is 17.3 Å². The second-order valence-electron chi connectivity index (χ2n) is 12.8. The Morgan fingerprint density at radius 2 is 1.79 bits per heavy atom. The van der Waals surface area contributed by atoms with E-state index in [2.05, 4.69) is 33.8 Å². The van der Waals surface area contributed by atoms with Gasteiger partial charge < -0.3 is 10.2 Å². The predicted octanol–water partition coefficient (Wildman–Crippen LogP) is 7.44. The van der Waals surface area contributed by atoms with E-state index in [1.165, 1.54) is 31.3 Å². The van der Waals surface area contributed by atoms with Crippen LogP contribution in [0.3, 0.4) is 0 Å². The SMILES string of the molecule is CC[C@]1(O)CC[C@@]2(C)C(=CC[C@H]3[C@@H]4CC[C@H]([C@H](C)CC[C@@H](O)CC(F)(F)F)[C@@]4(C)CC[C@@H]32)C1. The van der Waals surface area contributed by atoms with Crippen LogP contribution < -0.4 is 0 Å². The lowest BCUT2D eigenvalue weighted by molar-refractivity contribution is -0.154. The summed E-state index contributed by atoms with van der Waals surface area (Å²) >= 11 is 0. The predicted molar refractivity (Wildman–Crippen MR) is 126 cm³/mol. The fourth-order valence-electron chi connectivity index (χ4n) is 9.01. The summed E-state index contributed by atoms with van der Waals surface area (Å²) < 4.78 is 37.8. The monoisotopic (exact) mass is 470 g/mol. The van der Waals surface area contributed by atoms with Crippen LogP contribution in [0, 0.1) is 40.4 Å². The molecule has 0 aromatic heterocycles. The van der Waals surface area contributed by atoms with Gasteiger partial charge in [-0.1, -0.05) is 39.3 Å². The number of hydrogen-bond donors (Lipinski definition) is 2.